The van der Waals surface area contributed by atoms with Gasteiger partial charge < -0.3 is 16.2 Å². The highest BCUT2D eigenvalue weighted by Gasteiger charge is 2.38. The summed E-state index contributed by atoms with van der Waals surface area (Å²) < 4.78 is 5.82. The predicted molar refractivity (Wildman–Crippen MR) is 104 cm³/mol. The number of pyridine rings is 1. The Labute approximate surface area is 152 Å². The summed E-state index contributed by atoms with van der Waals surface area (Å²) >= 11 is 0. The van der Waals surface area contributed by atoms with E-state index in [2.05, 4.69) is 18.7 Å². The first kappa shape index (κ1) is 18.5. The van der Waals surface area contributed by atoms with Crippen LogP contribution >= 0.6 is 0 Å². The van der Waals surface area contributed by atoms with Crippen LogP contribution in [0, 0.1) is 6.92 Å². The molecule has 25 heavy (non-hydrogen) atoms. The Morgan fingerprint density at radius 3 is 2.44 bits per heavy atom. The standard InChI is InChI=1S/C20H34N4O/c1-4-25-16-5-9-20(3,10-6-16)24-11-7-15(8-12-24)19-18(22)17(21)13-14(2)23-19/h13,15-16H,4-12,22H2,1-3H3,(H2,21,23)/t16-,20-. The number of likely N-dealkylation sites (tertiary alicyclic amines) is 1. The molecule has 0 aromatic carbocycles. The second-order valence-corrected chi connectivity index (χ2v) is 8.06. The monoisotopic (exact) mass is 346 g/mol. The molecule has 1 aliphatic carbocycles. The van der Waals surface area contributed by atoms with E-state index in [0.717, 1.165) is 43.9 Å². The van der Waals surface area contributed by atoms with Crippen molar-refractivity contribution in [2.45, 2.75) is 76.9 Å². The average Bonchev–Trinajstić information content (AvgIpc) is 2.61. The Balaban J connectivity index is 1.61. The van der Waals surface area contributed by atoms with Crippen LogP contribution in [0.4, 0.5) is 11.4 Å². The zero-order valence-corrected chi connectivity index (χ0v) is 16.1. The number of rotatable bonds is 4. The van der Waals surface area contributed by atoms with Crippen LogP contribution in [0.3, 0.4) is 0 Å². The van der Waals surface area contributed by atoms with Crippen LogP contribution in [0.2, 0.25) is 0 Å². The van der Waals surface area contributed by atoms with Crippen molar-refractivity contribution >= 4 is 11.4 Å². The van der Waals surface area contributed by atoms with Crippen molar-refractivity contribution in [2.75, 3.05) is 31.2 Å². The van der Waals surface area contributed by atoms with Gasteiger partial charge in [0.2, 0.25) is 0 Å². The molecule has 4 N–H and O–H groups in total. The molecule has 2 heterocycles. The normalized spacial score (nSPS) is 29.0. The van der Waals surface area contributed by atoms with Gasteiger partial charge in [0, 0.05) is 23.8 Å². The van der Waals surface area contributed by atoms with Gasteiger partial charge in [-0.3, -0.25) is 9.88 Å². The van der Waals surface area contributed by atoms with E-state index in [-0.39, 0.29) is 0 Å². The SMILES string of the molecule is CCO[C@H]1CC[C@](C)(N2CCC(c3nc(C)cc(N)c3N)CC2)CC1. The summed E-state index contributed by atoms with van der Waals surface area (Å²) in [7, 11) is 0. The zero-order chi connectivity index (χ0) is 18.0. The van der Waals surface area contributed by atoms with Gasteiger partial charge in [0.05, 0.1) is 23.2 Å². The predicted octanol–water partition coefficient (Wildman–Crippen LogP) is 3.47. The molecule has 0 spiro atoms. The van der Waals surface area contributed by atoms with E-state index in [1.54, 1.807) is 0 Å². The van der Waals surface area contributed by atoms with Crippen molar-refractivity contribution in [1.29, 1.82) is 0 Å². The minimum absolute atomic E-state index is 0.323. The molecule has 1 aromatic rings. The van der Waals surface area contributed by atoms with E-state index in [0.29, 0.717) is 28.9 Å². The molecule has 0 bridgehead atoms. The highest BCUT2D eigenvalue weighted by Crippen LogP contribution is 2.40. The van der Waals surface area contributed by atoms with Crippen LogP contribution in [-0.4, -0.2) is 41.2 Å². The zero-order valence-electron chi connectivity index (χ0n) is 16.1. The van der Waals surface area contributed by atoms with Crippen LogP contribution in [0.1, 0.15) is 69.7 Å². The van der Waals surface area contributed by atoms with E-state index >= 15 is 0 Å². The lowest BCUT2D eigenvalue weighted by Crippen LogP contribution is -2.52. The summed E-state index contributed by atoms with van der Waals surface area (Å²) in [4.78, 5) is 7.40. The summed E-state index contributed by atoms with van der Waals surface area (Å²) in [6.07, 6.45) is 7.55. The Kier molecular flexibility index (Phi) is 5.54. The Bertz CT molecular complexity index is 588. The van der Waals surface area contributed by atoms with Gasteiger partial charge in [-0.1, -0.05) is 0 Å². The molecule has 0 atom stereocenters. The molecule has 2 aliphatic rings. The fourth-order valence-corrected chi connectivity index (χ4v) is 4.67. The molecule has 1 saturated heterocycles. The number of nitrogens with zero attached hydrogens (tertiary/aromatic N) is 2. The fourth-order valence-electron chi connectivity index (χ4n) is 4.67. The summed E-state index contributed by atoms with van der Waals surface area (Å²) in [5, 5.41) is 0. The van der Waals surface area contributed by atoms with Gasteiger partial charge >= 0.3 is 0 Å². The number of nitrogens with two attached hydrogens (primary N) is 2. The number of anilines is 2. The molecule has 3 rings (SSSR count). The average molecular weight is 347 g/mol. The van der Waals surface area contributed by atoms with Crippen LogP contribution in [-0.2, 0) is 4.74 Å². The van der Waals surface area contributed by atoms with Crippen LogP contribution in [0.15, 0.2) is 6.07 Å². The van der Waals surface area contributed by atoms with Gasteiger partial charge in [0.1, 0.15) is 0 Å². The number of nitrogen functional groups attached to an aromatic ring is 2. The van der Waals surface area contributed by atoms with Crippen molar-refractivity contribution in [3.8, 4) is 0 Å². The third kappa shape index (κ3) is 3.93. The first-order valence-electron chi connectivity index (χ1n) is 9.82. The lowest BCUT2D eigenvalue weighted by molar-refractivity contribution is -0.0251. The molecule has 5 nitrogen and oxygen atoms in total. The van der Waals surface area contributed by atoms with Gasteiger partial charge in [0.25, 0.3) is 0 Å². The number of hydrogen-bond donors (Lipinski definition) is 2. The number of hydrogen-bond acceptors (Lipinski definition) is 5. The first-order valence-corrected chi connectivity index (χ1v) is 9.82. The van der Waals surface area contributed by atoms with E-state index in [9.17, 15) is 0 Å². The lowest BCUT2D eigenvalue weighted by atomic mass is 9.78. The smallest absolute Gasteiger partial charge is 0.0770 e. The molecule has 5 heteroatoms. The molecule has 0 amide bonds. The number of ether oxygens (including phenoxy) is 1. The Morgan fingerprint density at radius 1 is 1.20 bits per heavy atom. The molecule has 1 saturated carbocycles. The van der Waals surface area contributed by atoms with Crippen molar-refractivity contribution in [2.24, 2.45) is 0 Å². The molecular formula is C20H34N4O. The molecule has 0 radical (unpaired) electrons. The number of aromatic nitrogens is 1. The van der Waals surface area contributed by atoms with E-state index in [1.807, 2.05) is 13.0 Å². The van der Waals surface area contributed by atoms with Gasteiger partial charge in [-0.05, 0) is 78.5 Å². The largest absolute Gasteiger partial charge is 0.397 e. The summed E-state index contributed by atoms with van der Waals surface area (Å²) in [5.74, 6) is 0.432. The molecule has 2 fully saturated rings. The summed E-state index contributed by atoms with van der Waals surface area (Å²) in [5.41, 5.74) is 15.9. The van der Waals surface area contributed by atoms with Crippen LogP contribution in [0.5, 0.6) is 0 Å². The quantitative estimate of drug-likeness (QED) is 0.873. The molecular weight excluding hydrogens is 312 g/mol. The third-order valence-electron chi connectivity index (χ3n) is 6.31. The topological polar surface area (TPSA) is 77.4 Å². The Hall–Kier alpha value is -1.33. The summed E-state index contributed by atoms with van der Waals surface area (Å²) in [6, 6.07) is 1.87. The summed E-state index contributed by atoms with van der Waals surface area (Å²) in [6.45, 7) is 9.60. The second kappa shape index (κ2) is 7.50. The lowest BCUT2D eigenvalue weighted by Gasteiger charge is -2.48. The van der Waals surface area contributed by atoms with E-state index < -0.39 is 0 Å². The van der Waals surface area contributed by atoms with E-state index in [4.69, 9.17) is 21.2 Å². The fraction of sp³-hybridized carbons (Fsp3) is 0.750. The van der Waals surface area contributed by atoms with E-state index in [1.165, 1.54) is 25.7 Å². The third-order valence-corrected chi connectivity index (χ3v) is 6.31. The Morgan fingerprint density at radius 2 is 1.84 bits per heavy atom. The maximum atomic E-state index is 6.21. The highest BCUT2D eigenvalue weighted by atomic mass is 16.5. The molecule has 1 aromatic heterocycles. The van der Waals surface area contributed by atoms with Crippen molar-refractivity contribution < 1.29 is 4.74 Å². The minimum Gasteiger partial charge on any atom is -0.397 e. The van der Waals surface area contributed by atoms with Gasteiger partial charge in [-0.15, -0.1) is 0 Å². The van der Waals surface area contributed by atoms with Gasteiger partial charge in [-0.25, -0.2) is 0 Å². The van der Waals surface area contributed by atoms with Crippen molar-refractivity contribution in [1.82, 2.24) is 9.88 Å². The van der Waals surface area contributed by atoms with Crippen molar-refractivity contribution in [3.63, 3.8) is 0 Å². The van der Waals surface area contributed by atoms with Gasteiger partial charge in [0.15, 0.2) is 0 Å². The maximum absolute atomic E-state index is 6.21. The maximum Gasteiger partial charge on any atom is 0.0770 e. The van der Waals surface area contributed by atoms with Gasteiger partial charge in [-0.2, -0.15) is 0 Å². The molecule has 1 aliphatic heterocycles. The van der Waals surface area contributed by atoms with Crippen molar-refractivity contribution in [3.05, 3.63) is 17.5 Å². The van der Waals surface area contributed by atoms with Crippen LogP contribution < -0.4 is 11.5 Å². The molecule has 0 unspecified atom stereocenters. The second-order valence-electron chi connectivity index (χ2n) is 8.06. The van der Waals surface area contributed by atoms with Crippen LogP contribution in [0.25, 0.3) is 0 Å². The number of piperidine rings is 1. The molecule has 140 valence electrons. The first-order chi connectivity index (χ1) is 11.9. The minimum atomic E-state index is 0.323. The number of aryl methyl sites for hydroxylation is 1. The highest BCUT2D eigenvalue weighted by molar-refractivity contribution is 5.66.